The molecule has 92 valence electrons. The number of hydrogen-bond acceptors (Lipinski definition) is 1. The molecule has 0 amide bonds. The van der Waals surface area contributed by atoms with Crippen molar-refractivity contribution in [2.24, 2.45) is 0 Å². The maximum absolute atomic E-state index is 9.09. The monoisotopic (exact) mass is 295 g/mol. The number of aliphatic hydroxyl groups is 1. The summed E-state index contributed by atoms with van der Waals surface area (Å²) in [6.45, 7) is 1.27. The number of benzene rings is 1. The van der Waals surface area contributed by atoms with Gasteiger partial charge in [-0.2, -0.15) is 0 Å². The van der Waals surface area contributed by atoms with E-state index in [1.54, 1.807) is 0 Å². The minimum atomic E-state index is 0.218. The topological polar surface area (TPSA) is 25.2 Å². The van der Waals surface area contributed by atoms with Gasteiger partial charge in [0.2, 0.25) is 0 Å². The molecule has 0 unspecified atom stereocenters. The molecule has 0 aliphatic carbocycles. The highest BCUT2D eigenvalue weighted by molar-refractivity contribution is 9.09. The number of alkyl halides is 1. The van der Waals surface area contributed by atoms with Crippen LogP contribution in [0, 0.1) is 0 Å². The van der Waals surface area contributed by atoms with E-state index in [-0.39, 0.29) is 6.61 Å². The highest BCUT2D eigenvalue weighted by Gasteiger charge is 2.06. The van der Waals surface area contributed by atoms with Gasteiger partial charge in [0.25, 0.3) is 0 Å². The molecule has 0 atom stereocenters. The maximum atomic E-state index is 9.09. The molecule has 0 aliphatic heterocycles. The molecular weight excluding hydrogens is 278 g/mol. The third-order valence-electron chi connectivity index (χ3n) is 3.03. The average Bonchev–Trinajstić information content (AvgIpc) is 2.70. The fourth-order valence-corrected chi connectivity index (χ4v) is 2.60. The predicted octanol–water partition coefficient (Wildman–Crippen LogP) is 3.35. The quantitative estimate of drug-likeness (QED) is 0.642. The average molecular weight is 296 g/mol. The van der Waals surface area contributed by atoms with Crippen LogP contribution in [0.15, 0.2) is 30.5 Å². The molecule has 1 aromatic carbocycles. The van der Waals surface area contributed by atoms with Crippen molar-refractivity contribution >= 4 is 26.8 Å². The van der Waals surface area contributed by atoms with Gasteiger partial charge in [-0.25, -0.2) is 0 Å². The number of aliphatic hydroxyl groups excluding tert-OH is 1. The van der Waals surface area contributed by atoms with E-state index in [1.165, 1.54) is 29.3 Å². The lowest BCUT2D eigenvalue weighted by molar-refractivity contribution is 0.300. The largest absolute Gasteiger partial charge is 0.396 e. The second kappa shape index (κ2) is 6.22. The van der Waals surface area contributed by atoms with Crippen LogP contribution in [0.4, 0.5) is 0 Å². The first kappa shape index (κ1) is 12.7. The Labute approximate surface area is 110 Å². The van der Waals surface area contributed by atoms with Crippen molar-refractivity contribution in [3.8, 4) is 0 Å². The van der Waals surface area contributed by atoms with E-state index in [0.717, 1.165) is 18.3 Å². The van der Waals surface area contributed by atoms with E-state index in [2.05, 4.69) is 51.0 Å². The normalized spacial score (nSPS) is 11.2. The Kier molecular flexibility index (Phi) is 4.63. The van der Waals surface area contributed by atoms with Crippen molar-refractivity contribution in [2.75, 3.05) is 11.9 Å². The molecule has 0 fully saturated rings. The first-order chi connectivity index (χ1) is 8.36. The number of unbranched alkanes of at least 4 members (excludes halogenated alkanes) is 1. The van der Waals surface area contributed by atoms with Gasteiger partial charge in [-0.3, -0.25) is 0 Å². The number of aryl methyl sites for hydroxylation is 1. The number of para-hydroxylation sites is 1. The predicted molar refractivity (Wildman–Crippen MR) is 75.8 cm³/mol. The number of nitrogens with zero attached hydrogens (tertiary/aromatic N) is 1. The van der Waals surface area contributed by atoms with Crippen LogP contribution in [0.2, 0.25) is 0 Å². The first-order valence-electron chi connectivity index (χ1n) is 6.10. The van der Waals surface area contributed by atoms with Crippen LogP contribution in [-0.2, 0) is 13.0 Å². The van der Waals surface area contributed by atoms with Gasteiger partial charge in [0.05, 0.1) is 0 Å². The molecular formula is C14H18BrNO. The zero-order valence-corrected chi connectivity index (χ0v) is 11.5. The molecule has 1 heterocycles. The summed E-state index contributed by atoms with van der Waals surface area (Å²) in [5.74, 6) is 0. The number of fused-ring (bicyclic) bond motifs is 1. The Morgan fingerprint density at radius 2 is 2.00 bits per heavy atom. The van der Waals surface area contributed by atoms with Crippen molar-refractivity contribution in [1.29, 1.82) is 0 Å². The van der Waals surface area contributed by atoms with E-state index < -0.39 is 0 Å². The SMILES string of the molecule is OCCc1cn(CCCCBr)c2ccccc12. The van der Waals surface area contributed by atoms with Crippen LogP contribution >= 0.6 is 15.9 Å². The van der Waals surface area contributed by atoms with Crippen LogP contribution in [0.5, 0.6) is 0 Å². The molecule has 0 bridgehead atoms. The zero-order valence-electron chi connectivity index (χ0n) is 9.90. The van der Waals surface area contributed by atoms with Crippen LogP contribution in [0.25, 0.3) is 10.9 Å². The third-order valence-corrected chi connectivity index (χ3v) is 3.60. The van der Waals surface area contributed by atoms with E-state index in [0.29, 0.717) is 0 Å². The first-order valence-corrected chi connectivity index (χ1v) is 7.22. The Balaban J connectivity index is 2.28. The van der Waals surface area contributed by atoms with Crippen molar-refractivity contribution in [3.63, 3.8) is 0 Å². The molecule has 0 radical (unpaired) electrons. The van der Waals surface area contributed by atoms with Gasteiger partial charge in [-0.05, 0) is 30.9 Å². The Bertz CT molecular complexity index is 478. The lowest BCUT2D eigenvalue weighted by Gasteiger charge is -2.03. The molecule has 0 spiro atoms. The van der Waals surface area contributed by atoms with Gasteiger partial charge in [-0.1, -0.05) is 34.1 Å². The number of halogens is 1. The molecule has 2 nitrogen and oxygen atoms in total. The van der Waals surface area contributed by atoms with E-state index in [4.69, 9.17) is 5.11 Å². The molecule has 1 N–H and O–H groups in total. The Morgan fingerprint density at radius 1 is 1.18 bits per heavy atom. The van der Waals surface area contributed by atoms with Crippen LogP contribution in [0.3, 0.4) is 0 Å². The van der Waals surface area contributed by atoms with Crippen molar-refractivity contribution in [1.82, 2.24) is 4.57 Å². The lowest BCUT2D eigenvalue weighted by atomic mass is 10.1. The van der Waals surface area contributed by atoms with Crippen molar-refractivity contribution in [3.05, 3.63) is 36.0 Å². The van der Waals surface area contributed by atoms with Crippen LogP contribution < -0.4 is 0 Å². The molecule has 0 saturated carbocycles. The second-order valence-electron chi connectivity index (χ2n) is 4.23. The van der Waals surface area contributed by atoms with Crippen LogP contribution in [0.1, 0.15) is 18.4 Å². The van der Waals surface area contributed by atoms with Gasteiger partial charge in [-0.15, -0.1) is 0 Å². The summed E-state index contributed by atoms with van der Waals surface area (Å²) in [5, 5.41) is 11.4. The van der Waals surface area contributed by atoms with Gasteiger partial charge in [0.1, 0.15) is 0 Å². The summed E-state index contributed by atoms with van der Waals surface area (Å²) >= 11 is 3.46. The molecule has 0 aliphatic rings. The summed E-state index contributed by atoms with van der Waals surface area (Å²) in [6, 6.07) is 8.43. The third kappa shape index (κ3) is 2.90. The highest BCUT2D eigenvalue weighted by atomic mass is 79.9. The van der Waals surface area contributed by atoms with Crippen molar-refractivity contribution in [2.45, 2.75) is 25.8 Å². The molecule has 0 saturated heterocycles. The number of hydrogen-bond donors (Lipinski definition) is 1. The minimum Gasteiger partial charge on any atom is -0.396 e. The van der Waals surface area contributed by atoms with E-state index >= 15 is 0 Å². The molecule has 3 heteroatoms. The molecule has 2 aromatic rings. The van der Waals surface area contributed by atoms with Gasteiger partial charge < -0.3 is 9.67 Å². The Hall–Kier alpha value is -0.800. The van der Waals surface area contributed by atoms with Crippen molar-refractivity contribution < 1.29 is 5.11 Å². The van der Waals surface area contributed by atoms with Gasteiger partial charge in [0.15, 0.2) is 0 Å². The molecule has 1 aromatic heterocycles. The minimum absolute atomic E-state index is 0.218. The summed E-state index contributed by atoms with van der Waals surface area (Å²) in [7, 11) is 0. The second-order valence-corrected chi connectivity index (χ2v) is 5.03. The van der Waals surface area contributed by atoms with Crippen LogP contribution in [-0.4, -0.2) is 21.6 Å². The maximum Gasteiger partial charge on any atom is 0.0483 e. The van der Waals surface area contributed by atoms with E-state index in [1.807, 2.05) is 0 Å². The Morgan fingerprint density at radius 3 is 2.76 bits per heavy atom. The number of aromatic nitrogens is 1. The highest BCUT2D eigenvalue weighted by Crippen LogP contribution is 2.22. The molecule has 2 rings (SSSR count). The smallest absolute Gasteiger partial charge is 0.0483 e. The standard InChI is InChI=1S/C14H18BrNO/c15-8-3-4-9-16-11-12(7-10-17)13-5-1-2-6-14(13)16/h1-2,5-6,11,17H,3-4,7-10H2. The molecule has 17 heavy (non-hydrogen) atoms. The fourth-order valence-electron chi connectivity index (χ4n) is 2.20. The van der Waals surface area contributed by atoms with Gasteiger partial charge >= 0.3 is 0 Å². The lowest BCUT2D eigenvalue weighted by Crippen LogP contribution is -1.96. The summed E-state index contributed by atoms with van der Waals surface area (Å²) in [6.07, 6.45) is 5.31. The summed E-state index contributed by atoms with van der Waals surface area (Å²) in [5.41, 5.74) is 2.53. The summed E-state index contributed by atoms with van der Waals surface area (Å²) < 4.78 is 2.31. The van der Waals surface area contributed by atoms with Gasteiger partial charge in [0, 0.05) is 35.6 Å². The van der Waals surface area contributed by atoms with E-state index in [9.17, 15) is 0 Å². The summed E-state index contributed by atoms with van der Waals surface area (Å²) in [4.78, 5) is 0. The number of rotatable bonds is 6. The fraction of sp³-hybridized carbons (Fsp3) is 0.429. The zero-order chi connectivity index (χ0) is 12.1.